The predicted molar refractivity (Wildman–Crippen MR) is 52.4 cm³/mol. The molecule has 0 aliphatic carbocycles. The van der Waals surface area contributed by atoms with Gasteiger partial charge in [-0.2, -0.15) is 39.5 Å². The highest BCUT2D eigenvalue weighted by Crippen LogP contribution is 2.50. The molecule has 0 heterocycles. The van der Waals surface area contributed by atoms with Crippen LogP contribution in [0.1, 0.15) is 19.3 Å². The van der Waals surface area contributed by atoms with Gasteiger partial charge >= 0.3 is 26.4 Å². The summed E-state index contributed by atoms with van der Waals surface area (Å²) in [5.41, 5.74) is -3.63. The Morgan fingerprint density at radius 1 is 0.727 bits per heavy atom. The van der Waals surface area contributed by atoms with Gasteiger partial charge in [-0.3, -0.25) is 4.52 Å². The molecule has 0 aromatic carbocycles. The molecule has 0 aromatic heterocycles. The Hall–Kier alpha value is -0.520. The van der Waals surface area contributed by atoms with E-state index in [0.29, 0.717) is 0 Å². The highest BCUT2D eigenvalue weighted by molar-refractivity contribution is 7.46. The Morgan fingerprint density at radius 3 is 1.18 bits per heavy atom. The molecule has 0 unspecified atom stereocenters. The molecule has 134 valence electrons. The Morgan fingerprint density at radius 2 is 1.00 bits per heavy atom. The van der Waals surface area contributed by atoms with Crippen molar-refractivity contribution in [3.05, 3.63) is 0 Å². The largest absolute Gasteiger partial charge is 0.469 e. The van der Waals surface area contributed by atoms with Crippen LogP contribution < -0.4 is 0 Å². The molecule has 0 bridgehead atoms. The molecule has 0 saturated carbocycles. The first-order valence-electron chi connectivity index (χ1n) is 5.23. The van der Waals surface area contributed by atoms with Crippen LogP contribution in [-0.4, -0.2) is 34.9 Å². The minimum atomic E-state index is -5.56. The lowest BCUT2D eigenvalue weighted by Gasteiger charge is -2.35. The normalized spacial score (nSPS) is 15.2. The number of alkyl halides is 9. The average Bonchev–Trinajstić information content (AvgIpc) is 2.04. The molecule has 0 aliphatic heterocycles. The van der Waals surface area contributed by atoms with Gasteiger partial charge in [0.25, 0.3) is 0 Å². The molecule has 0 rings (SSSR count). The number of rotatable bonds is 6. The molecule has 0 saturated heterocycles. The zero-order valence-electron chi connectivity index (χ0n) is 10.4. The van der Waals surface area contributed by atoms with E-state index in [1.165, 1.54) is 0 Å². The molecule has 0 radical (unpaired) electrons. The van der Waals surface area contributed by atoms with Crippen LogP contribution >= 0.6 is 7.82 Å². The summed E-state index contributed by atoms with van der Waals surface area (Å²) in [5, 5.41) is 0. The van der Waals surface area contributed by atoms with E-state index in [1.807, 2.05) is 0 Å². The van der Waals surface area contributed by atoms with Crippen molar-refractivity contribution in [1.29, 1.82) is 0 Å². The Balaban J connectivity index is 5.63. The van der Waals surface area contributed by atoms with E-state index in [4.69, 9.17) is 9.79 Å². The van der Waals surface area contributed by atoms with Crippen LogP contribution in [0.25, 0.3) is 0 Å². The molecule has 0 aromatic rings. The molecular weight excluding hydrogens is 362 g/mol. The summed E-state index contributed by atoms with van der Waals surface area (Å²) in [6.45, 7) is -2.06. The van der Waals surface area contributed by atoms with E-state index < -0.39 is 57.6 Å². The minimum Gasteiger partial charge on any atom is -0.303 e. The molecule has 4 nitrogen and oxygen atoms in total. The first kappa shape index (κ1) is 21.5. The van der Waals surface area contributed by atoms with Crippen molar-refractivity contribution in [2.75, 3.05) is 6.61 Å². The van der Waals surface area contributed by atoms with Crippen molar-refractivity contribution in [3.63, 3.8) is 0 Å². The third-order valence-electron chi connectivity index (χ3n) is 2.27. The van der Waals surface area contributed by atoms with Crippen molar-refractivity contribution in [3.8, 4) is 0 Å². The van der Waals surface area contributed by atoms with Gasteiger partial charge in [-0.25, -0.2) is 4.57 Å². The molecule has 2 N–H and O–H groups in total. The van der Waals surface area contributed by atoms with Crippen molar-refractivity contribution < 1.29 is 58.4 Å². The van der Waals surface area contributed by atoms with Crippen molar-refractivity contribution in [2.24, 2.45) is 5.41 Å². The van der Waals surface area contributed by atoms with E-state index in [-0.39, 0.29) is 0 Å². The van der Waals surface area contributed by atoms with Crippen LogP contribution in [0.4, 0.5) is 39.5 Å². The van der Waals surface area contributed by atoms with E-state index in [2.05, 4.69) is 4.52 Å². The number of phosphoric ester groups is 1. The molecule has 0 spiro atoms. The average molecular weight is 372 g/mol. The number of hydrogen-bond donors (Lipinski definition) is 2. The van der Waals surface area contributed by atoms with Gasteiger partial charge in [0.1, 0.15) is 0 Å². The maximum Gasteiger partial charge on any atom is 0.469 e. The highest BCUT2D eigenvalue weighted by Gasteiger charge is 2.54. The van der Waals surface area contributed by atoms with Gasteiger partial charge < -0.3 is 9.79 Å². The second-order valence-corrected chi connectivity index (χ2v) is 5.88. The van der Waals surface area contributed by atoms with Gasteiger partial charge in [0, 0.05) is 5.41 Å². The molecule has 14 heteroatoms. The molecular formula is C8H10F9O4P. The first-order valence-corrected chi connectivity index (χ1v) is 6.76. The quantitative estimate of drug-likeness (QED) is 0.548. The smallest absolute Gasteiger partial charge is 0.303 e. The SMILES string of the molecule is O=P(O)(O)OCC(CC(F)(F)F)(CC(F)(F)F)CC(F)(F)F. The Labute approximate surface area is 117 Å². The van der Waals surface area contributed by atoms with E-state index in [0.717, 1.165) is 0 Å². The minimum absolute atomic E-state index is 2.06. The summed E-state index contributed by atoms with van der Waals surface area (Å²) in [5.74, 6) is 0. The van der Waals surface area contributed by atoms with Crippen molar-refractivity contribution in [1.82, 2.24) is 0 Å². The van der Waals surface area contributed by atoms with Gasteiger partial charge in [0.05, 0.1) is 25.9 Å². The zero-order chi connectivity index (χ0) is 18.0. The van der Waals surface area contributed by atoms with Gasteiger partial charge in [0.2, 0.25) is 0 Å². The highest BCUT2D eigenvalue weighted by atomic mass is 31.2. The number of phosphoric acid groups is 1. The lowest BCUT2D eigenvalue weighted by Crippen LogP contribution is -2.40. The van der Waals surface area contributed by atoms with Crippen LogP contribution in [-0.2, 0) is 9.09 Å². The van der Waals surface area contributed by atoms with Crippen molar-refractivity contribution >= 4 is 7.82 Å². The van der Waals surface area contributed by atoms with Crippen molar-refractivity contribution in [2.45, 2.75) is 37.8 Å². The molecule has 0 atom stereocenters. The van der Waals surface area contributed by atoms with E-state index in [1.54, 1.807) is 0 Å². The third kappa shape index (κ3) is 11.1. The summed E-state index contributed by atoms with van der Waals surface area (Å²) < 4.78 is 125. The fraction of sp³-hybridized carbons (Fsp3) is 1.00. The molecule has 0 aliphatic rings. The molecule has 0 amide bonds. The standard InChI is InChI=1S/C8H10F9O4P/c9-6(10,11)1-5(2-7(12,13)14,3-8(15,16)17)4-21-22(18,19)20/h1-4H2,(H2,18,19,20). The first-order chi connectivity index (χ1) is 9.33. The van der Waals surface area contributed by atoms with E-state index in [9.17, 15) is 44.1 Å². The summed E-state index contributed by atoms with van der Waals surface area (Å²) >= 11 is 0. The van der Waals surface area contributed by atoms with Gasteiger partial charge in [0.15, 0.2) is 0 Å². The topological polar surface area (TPSA) is 66.8 Å². The molecule has 22 heavy (non-hydrogen) atoms. The van der Waals surface area contributed by atoms with Crippen LogP contribution in [0, 0.1) is 5.41 Å². The summed E-state index contributed by atoms with van der Waals surface area (Å²) in [7, 11) is -5.56. The Kier molecular flexibility index (Phi) is 6.38. The third-order valence-corrected chi connectivity index (χ3v) is 2.73. The second-order valence-electron chi connectivity index (χ2n) is 4.64. The van der Waals surface area contributed by atoms with Gasteiger partial charge in [-0.15, -0.1) is 0 Å². The lowest BCUT2D eigenvalue weighted by atomic mass is 9.78. The summed E-state index contributed by atoms with van der Waals surface area (Å²) in [6.07, 6.45) is -24.0. The van der Waals surface area contributed by atoms with Gasteiger partial charge in [-0.05, 0) is 0 Å². The van der Waals surface area contributed by atoms with Gasteiger partial charge in [-0.1, -0.05) is 0 Å². The zero-order valence-corrected chi connectivity index (χ0v) is 11.3. The fourth-order valence-electron chi connectivity index (χ4n) is 1.84. The van der Waals surface area contributed by atoms with E-state index >= 15 is 0 Å². The molecule has 0 fully saturated rings. The van der Waals surface area contributed by atoms with Crippen LogP contribution in [0.2, 0.25) is 0 Å². The second kappa shape index (κ2) is 6.54. The number of hydrogen-bond acceptors (Lipinski definition) is 2. The van der Waals surface area contributed by atoms with Crippen LogP contribution in [0.15, 0.2) is 0 Å². The van der Waals surface area contributed by atoms with Crippen LogP contribution in [0.3, 0.4) is 0 Å². The fourth-order valence-corrected chi connectivity index (χ4v) is 2.28. The summed E-state index contributed by atoms with van der Waals surface area (Å²) in [6, 6.07) is 0. The lowest BCUT2D eigenvalue weighted by molar-refractivity contribution is -0.232. The maximum absolute atomic E-state index is 12.3. The monoisotopic (exact) mass is 372 g/mol. The Bertz CT molecular complexity index is 367. The summed E-state index contributed by atoms with van der Waals surface area (Å²) in [4.78, 5) is 16.6. The maximum atomic E-state index is 12.3. The number of halogens is 9. The van der Waals surface area contributed by atoms with Crippen LogP contribution in [0.5, 0.6) is 0 Å². The predicted octanol–water partition coefficient (Wildman–Crippen LogP) is 3.94.